The Balaban J connectivity index is 1.40. The second kappa shape index (κ2) is 9.91. The van der Waals surface area contributed by atoms with Gasteiger partial charge in [0.15, 0.2) is 0 Å². The fourth-order valence-corrected chi connectivity index (χ4v) is 4.20. The predicted molar refractivity (Wildman–Crippen MR) is 124 cm³/mol. The van der Waals surface area contributed by atoms with Gasteiger partial charge in [0.1, 0.15) is 4.90 Å². The smallest absolute Gasteiger partial charge is 0.244 e. The molecule has 1 N–H and O–H groups in total. The second-order valence-corrected chi connectivity index (χ2v) is 9.29. The van der Waals surface area contributed by atoms with Crippen molar-refractivity contribution in [2.24, 2.45) is 0 Å². The number of rotatable bonds is 9. The van der Waals surface area contributed by atoms with Crippen molar-refractivity contribution in [3.05, 3.63) is 114 Å². The number of nitrogens with one attached hydrogen (secondary N) is 1. The zero-order chi connectivity index (χ0) is 22.4. The average Bonchev–Trinajstić information content (AvgIpc) is 3.31. The van der Waals surface area contributed by atoms with E-state index in [0.29, 0.717) is 13.2 Å². The number of aryl methyl sites for hydroxylation is 1. The third-order valence-corrected chi connectivity index (χ3v) is 6.46. The first-order valence-electron chi connectivity index (χ1n) is 10.3. The molecule has 0 radical (unpaired) electrons. The number of hydrogen-bond acceptors (Lipinski definition) is 4. The van der Waals surface area contributed by atoms with Crippen molar-refractivity contribution in [1.82, 2.24) is 14.5 Å². The molecule has 4 rings (SSSR count). The summed E-state index contributed by atoms with van der Waals surface area (Å²) in [6.07, 6.45) is 2.87. The van der Waals surface area contributed by atoms with Crippen molar-refractivity contribution in [2.75, 3.05) is 0 Å². The SMILES string of the molecule is Cc1ccc(-n2cc(S(=O)(=O)NCc3ccccc3COCc3ccccc3)cn2)cc1. The lowest BCUT2D eigenvalue weighted by Crippen LogP contribution is -2.23. The number of aromatic nitrogens is 2. The molecular weight excluding hydrogens is 422 g/mol. The third kappa shape index (κ3) is 5.50. The lowest BCUT2D eigenvalue weighted by Gasteiger charge is -2.11. The first-order chi connectivity index (χ1) is 15.5. The molecule has 0 fully saturated rings. The zero-order valence-electron chi connectivity index (χ0n) is 17.8. The molecule has 0 saturated heterocycles. The molecule has 7 heteroatoms. The summed E-state index contributed by atoms with van der Waals surface area (Å²) in [5.41, 5.74) is 4.84. The Hall–Kier alpha value is -3.26. The van der Waals surface area contributed by atoms with Gasteiger partial charge in [-0.1, -0.05) is 72.3 Å². The number of ether oxygens (including phenoxy) is 1. The summed E-state index contributed by atoms with van der Waals surface area (Å²) in [5.74, 6) is 0. The molecule has 164 valence electrons. The Bertz CT molecular complexity index is 1270. The molecule has 0 aliphatic rings. The minimum atomic E-state index is -3.71. The highest BCUT2D eigenvalue weighted by molar-refractivity contribution is 7.89. The molecule has 0 atom stereocenters. The van der Waals surface area contributed by atoms with E-state index in [0.717, 1.165) is 27.9 Å². The molecule has 0 amide bonds. The van der Waals surface area contributed by atoms with Gasteiger partial charge in [-0.3, -0.25) is 0 Å². The maximum atomic E-state index is 12.8. The van der Waals surface area contributed by atoms with Gasteiger partial charge >= 0.3 is 0 Å². The van der Waals surface area contributed by atoms with Crippen molar-refractivity contribution < 1.29 is 13.2 Å². The summed E-state index contributed by atoms with van der Waals surface area (Å²) >= 11 is 0. The number of sulfonamides is 1. The van der Waals surface area contributed by atoms with Gasteiger partial charge in [0.05, 0.1) is 31.3 Å². The van der Waals surface area contributed by atoms with Crippen LogP contribution in [0.3, 0.4) is 0 Å². The van der Waals surface area contributed by atoms with Crippen molar-refractivity contribution >= 4 is 10.0 Å². The molecule has 0 aliphatic carbocycles. The van der Waals surface area contributed by atoms with Crippen LogP contribution in [0.5, 0.6) is 0 Å². The second-order valence-electron chi connectivity index (χ2n) is 7.53. The zero-order valence-corrected chi connectivity index (χ0v) is 18.6. The Labute approximate surface area is 188 Å². The van der Waals surface area contributed by atoms with Gasteiger partial charge in [0.2, 0.25) is 10.0 Å². The van der Waals surface area contributed by atoms with Crippen LogP contribution in [0.1, 0.15) is 22.3 Å². The molecule has 0 bridgehead atoms. The summed E-state index contributed by atoms with van der Waals surface area (Å²) in [7, 11) is -3.71. The monoisotopic (exact) mass is 447 g/mol. The Morgan fingerprint density at radius 2 is 1.56 bits per heavy atom. The van der Waals surface area contributed by atoms with E-state index in [4.69, 9.17) is 4.74 Å². The van der Waals surface area contributed by atoms with Crippen LogP contribution in [-0.4, -0.2) is 18.2 Å². The van der Waals surface area contributed by atoms with Crippen molar-refractivity contribution in [1.29, 1.82) is 0 Å². The Kier molecular flexibility index (Phi) is 6.80. The largest absolute Gasteiger partial charge is 0.372 e. The van der Waals surface area contributed by atoms with Crippen LogP contribution in [-0.2, 0) is 34.5 Å². The average molecular weight is 448 g/mol. The number of benzene rings is 3. The maximum absolute atomic E-state index is 12.8. The first kappa shape index (κ1) is 22.0. The lowest BCUT2D eigenvalue weighted by molar-refractivity contribution is 0.106. The first-order valence-corrected chi connectivity index (χ1v) is 11.8. The minimum Gasteiger partial charge on any atom is -0.372 e. The van der Waals surface area contributed by atoms with Crippen LogP contribution < -0.4 is 4.72 Å². The van der Waals surface area contributed by atoms with E-state index in [1.807, 2.05) is 85.8 Å². The molecule has 1 aromatic heterocycles. The standard InChI is InChI=1S/C25H25N3O3S/c1-20-11-13-24(14-12-20)28-17-25(16-26-28)32(29,30)27-15-22-9-5-6-10-23(22)19-31-18-21-7-3-2-4-8-21/h2-14,16-17,27H,15,18-19H2,1H3. The summed E-state index contributed by atoms with van der Waals surface area (Å²) in [6, 6.07) is 25.3. The maximum Gasteiger partial charge on any atom is 0.244 e. The highest BCUT2D eigenvalue weighted by Crippen LogP contribution is 2.16. The van der Waals surface area contributed by atoms with Crippen LogP contribution in [0.2, 0.25) is 0 Å². The van der Waals surface area contributed by atoms with E-state index in [-0.39, 0.29) is 11.4 Å². The topological polar surface area (TPSA) is 73.2 Å². The summed E-state index contributed by atoms with van der Waals surface area (Å²) in [4.78, 5) is 0.121. The van der Waals surface area contributed by atoms with Gasteiger partial charge < -0.3 is 4.74 Å². The molecule has 32 heavy (non-hydrogen) atoms. The van der Waals surface area contributed by atoms with Crippen LogP contribution in [0.25, 0.3) is 5.69 Å². The molecule has 1 heterocycles. The molecule has 6 nitrogen and oxygen atoms in total. The van der Waals surface area contributed by atoms with E-state index in [9.17, 15) is 8.42 Å². The van der Waals surface area contributed by atoms with Crippen LogP contribution in [0.4, 0.5) is 0 Å². The van der Waals surface area contributed by atoms with Gasteiger partial charge in [0.25, 0.3) is 0 Å². The van der Waals surface area contributed by atoms with E-state index in [1.54, 1.807) is 4.68 Å². The summed E-state index contributed by atoms with van der Waals surface area (Å²) in [5, 5.41) is 4.20. The minimum absolute atomic E-state index is 0.121. The summed E-state index contributed by atoms with van der Waals surface area (Å²) in [6.45, 7) is 3.07. The van der Waals surface area contributed by atoms with Gasteiger partial charge in [-0.15, -0.1) is 0 Å². The normalized spacial score (nSPS) is 11.5. The Morgan fingerprint density at radius 1 is 0.875 bits per heavy atom. The fourth-order valence-electron chi connectivity index (χ4n) is 3.26. The van der Waals surface area contributed by atoms with Gasteiger partial charge in [-0.2, -0.15) is 5.10 Å². The van der Waals surface area contributed by atoms with E-state index < -0.39 is 10.0 Å². The van der Waals surface area contributed by atoms with Crippen LogP contribution in [0, 0.1) is 6.92 Å². The molecular formula is C25H25N3O3S. The third-order valence-electron chi connectivity index (χ3n) is 5.11. The summed E-state index contributed by atoms with van der Waals surface area (Å²) < 4.78 is 35.7. The predicted octanol–water partition coefficient (Wildman–Crippen LogP) is 4.38. The van der Waals surface area contributed by atoms with E-state index in [1.165, 1.54) is 12.4 Å². The lowest BCUT2D eigenvalue weighted by atomic mass is 10.1. The number of hydrogen-bond donors (Lipinski definition) is 1. The molecule has 0 saturated carbocycles. The van der Waals surface area contributed by atoms with Gasteiger partial charge in [-0.05, 0) is 35.7 Å². The van der Waals surface area contributed by atoms with Crippen LogP contribution >= 0.6 is 0 Å². The highest BCUT2D eigenvalue weighted by atomic mass is 32.2. The van der Waals surface area contributed by atoms with E-state index >= 15 is 0 Å². The highest BCUT2D eigenvalue weighted by Gasteiger charge is 2.17. The van der Waals surface area contributed by atoms with Crippen molar-refractivity contribution in [2.45, 2.75) is 31.6 Å². The molecule has 0 aliphatic heterocycles. The Morgan fingerprint density at radius 3 is 2.31 bits per heavy atom. The molecule has 0 unspecified atom stereocenters. The van der Waals surface area contributed by atoms with E-state index in [2.05, 4.69) is 9.82 Å². The fraction of sp³-hybridized carbons (Fsp3) is 0.160. The molecule has 3 aromatic carbocycles. The van der Waals surface area contributed by atoms with Crippen molar-refractivity contribution in [3.8, 4) is 5.69 Å². The van der Waals surface area contributed by atoms with Gasteiger partial charge in [0, 0.05) is 6.54 Å². The molecule has 0 spiro atoms. The van der Waals surface area contributed by atoms with Crippen molar-refractivity contribution in [3.63, 3.8) is 0 Å². The quantitative estimate of drug-likeness (QED) is 0.413. The van der Waals surface area contributed by atoms with Crippen LogP contribution in [0.15, 0.2) is 96.2 Å². The number of nitrogens with zero attached hydrogens (tertiary/aromatic N) is 2. The van der Waals surface area contributed by atoms with Gasteiger partial charge in [-0.25, -0.2) is 17.8 Å². The molecule has 4 aromatic rings.